The van der Waals surface area contributed by atoms with Crippen LogP contribution in [0.15, 0.2) is 64.4 Å². The van der Waals surface area contributed by atoms with Crippen molar-refractivity contribution in [3.05, 3.63) is 71.9 Å². The number of hydrogen-bond donors (Lipinski definition) is 1. The highest BCUT2D eigenvalue weighted by Gasteiger charge is 2.22. The second-order valence-corrected chi connectivity index (χ2v) is 8.24. The van der Waals surface area contributed by atoms with Gasteiger partial charge in [-0.3, -0.25) is 9.69 Å². The maximum absolute atomic E-state index is 12.5. The monoisotopic (exact) mass is 426 g/mol. The predicted molar refractivity (Wildman–Crippen MR) is 115 cm³/mol. The van der Waals surface area contributed by atoms with Gasteiger partial charge in [0.05, 0.1) is 18.5 Å². The average Bonchev–Trinajstić information content (AvgIpc) is 3.40. The predicted octanol–water partition coefficient (Wildman–Crippen LogP) is 2.94. The molecule has 1 fully saturated rings. The zero-order valence-electron chi connectivity index (χ0n) is 17.0. The molecule has 1 aromatic carbocycles. The molecule has 3 aromatic rings. The molecule has 30 heavy (non-hydrogen) atoms. The standard InChI is InChI=1S/C22H26N4O3S/c1-25-10-9-23-22(25)30-16-18-7-8-20(29-18)21(27)24-13-19-15-26(11-12-28-19)14-17-5-3-2-4-6-17/h2-10,19H,11-16H2,1H3,(H,24,27). The number of furan rings is 1. The number of carbonyl (C=O) groups excluding carboxylic acids is 1. The molecule has 1 aliphatic rings. The number of rotatable bonds is 8. The summed E-state index contributed by atoms with van der Waals surface area (Å²) in [6.45, 7) is 3.71. The maximum atomic E-state index is 12.5. The number of nitrogens with one attached hydrogen (secondary N) is 1. The van der Waals surface area contributed by atoms with Gasteiger partial charge in [0, 0.05) is 45.6 Å². The molecule has 1 unspecified atom stereocenters. The molecule has 0 spiro atoms. The van der Waals surface area contributed by atoms with Crippen LogP contribution in [0.3, 0.4) is 0 Å². The molecule has 158 valence electrons. The van der Waals surface area contributed by atoms with Crippen molar-refractivity contribution >= 4 is 17.7 Å². The molecule has 0 bridgehead atoms. The molecule has 1 N–H and O–H groups in total. The summed E-state index contributed by atoms with van der Waals surface area (Å²) in [6.07, 6.45) is 3.63. The Kier molecular flexibility index (Phi) is 6.88. The Labute approximate surface area is 180 Å². The first-order valence-corrected chi connectivity index (χ1v) is 11.0. The van der Waals surface area contributed by atoms with Crippen molar-refractivity contribution in [2.24, 2.45) is 7.05 Å². The summed E-state index contributed by atoms with van der Waals surface area (Å²) in [7, 11) is 1.95. The van der Waals surface area contributed by atoms with Crippen LogP contribution in [-0.4, -0.2) is 52.7 Å². The zero-order valence-corrected chi connectivity index (χ0v) is 17.8. The van der Waals surface area contributed by atoms with Crippen molar-refractivity contribution in [1.82, 2.24) is 19.8 Å². The molecule has 3 heterocycles. The number of carbonyl (C=O) groups is 1. The fraction of sp³-hybridized carbons (Fsp3) is 0.364. The number of amides is 1. The third-order valence-corrected chi connectivity index (χ3v) is 6.05. The van der Waals surface area contributed by atoms with Gasteiger partial charge in [-0.15, -0.1) is 0 Å². The van der Waals surface area contributed by atoms with Crippen LogP contribution in [0.2, 0.25) is 0 Å². The molecular formula is C22H26N4O3S. The summed E-state index contributed by atoms with van der Waals surface area (Å²) < 4.78 is 13.5. The summed E-state index contributed by atoms with van der Waals surface area (Å²) in [6, 6.07) is 14.0. The Bertz CT molecular complexity index is 956. The van der Waals surface area contributed by atoms with Gasteiger partial charge in [0.25, 0.3) is 5.91 Å². The first-order chi connectivity index (χ1) is 14.7. The Hall–Kier alpha value is -2.55. The maximum Gasteiger partial charge on any atom is 0.287 e. The van der Waals surface area contributed by atoms with E-state index in [2.05, 4.69) is 39.5 Å². The van der Waals surface area contributed by atoms with E-state index in [4.69, 9.17) is 9.15 Å². The topological polar surface area (TPSA) is 72.5 Å². The van der Waals surface area contributed by atoms with Gasteiger partial charge in [0.2, 0.25) is 0 Å². The smallest absolute Gasteiger partial charge is 0.287 e. The van der Waals surface area contributed by atoms with Crippen molar-refractivity contribution in [1.29, 1.82) is 0 Å². The van der Waals surface area contributed by atoms with Crippen molar-refractivity contribution in [2.45, 2.75) is 23.6 Å². The second kappa shape index (κ2) is 9.97. The summed E-state index contributed by atoms with van der Waals surface area (Å²) in [5, 5.41) is 3.85. The van der Waals surface area contributed by atoms with Crippen LogP contribution in [0.4, 0.5) is 0 Å². The Morgan fingerprint density at radius 2 is 2.13 bits per heavy atom. The first kappa shape index (κ1) is 20.7. The van der Waals surface area contributed by atoms with Crippen LogP contribution in [0, 0.1) is 0 Å². The van der Waals surface area contributed by atoms with E-state index < -0.39 is 0 Å². The van der Waals surface area contributed by atoms with E-state index >= 15 is 0 Å². The van der Waals surface area contributed by atoms with Crippen molar-refractivity contribution in [3.63, 3.8) is 0 Å². The highest BCUT2D eigenvalue weighted by molar-refractivity contribution is 7.98. The Balaban J connectivity index is 1.23. The van der Waals surface area contributed by atoms with Gasteiger partial charge in [-0.2, -0.15) is 0 Å². The van der Waals surface area contributed by atoms with Crippen LogP contribution in [0.1, 0.15) is 21.9 Å². The van der Waals surface area contributed by atoms with E-state index in [-0.39, 0.29) is 12.0 Å². The Morgan fingerprint density at radius 1 is 1.27 bits per heavy atom. The van der Waals surface area contributed by atoms with E-state index in [1.165, 1.54) is 5.56 Å². The molecule has 1 amide bonds. The minimum Gasteiger partial charge on any atom is -0.455 e. The van der Waals surface area contributed by atoms with E-state index in [9.17, 15) is 4.79 Å². The molecule has 4 rings (SSSR count). The summed E-state index contributed by atoms with van der Waals surface area (Å²) in [4.78, 5) is 19.1. The lowest BCUT2D eigenvalue weighted by Crippen LogP contribution is -2.47. The van der Waals surface area contributed by atoms with Crippen LogP contribution < -0.4 is 5.32 Å². The summed E-state index contributed by atoms with van der Waals surface area (Å²) >= 11 is 1.57. The van der Waals surface area contributed by atoms with Crippen molar-refractivity contribution in [2.75, 3.05) is 26.2 Å². The molecule has 7 nitrogen and oxygen atoms in total. The Morgan fingerprint density at radius 3 is 2.93 bits per heavy atom. The number of aryl methyl sites for hydroxylation is 1. The molecule has 8 heteroatoms. The number of benzene rings is 1. The van der Waals surface area contributed by atoms with Crippen LogP contribution in [0.5, 0.6) is 0 Å². The lowest BCUT2D eigenvalue weighted by atomic mass is 10.2. The molecule has 1 aliphatic heterocycles. The van der Waals surface area contributed by atoms with Crippen molar-refractivity contribution in [3.8, 4) is 0 Å². The van der Waals surface area contributed by atoms with Crippen LogP contribution >= 0.6 is 11.8 Å². The van der Waals surface area contributed by atoms with Gasteiger partial charge < -0.3 is 19.0 Å². The number of hydrogen-bond acceptors (Lipinski definition) is 6. The highest BCUT2D eigenvalue weighted by Crippen LogP contribution is 2.22. The normalized spacial score (nSPS) is 17.2. The SMILES string of the molecule is Cn1ccnc1SCc1ccc(C(=O)NCC2CN(Cc3ccccc3)CCO2)o1. The molecule has 0 saturated carbocycles. The van der Waals surface area contributed by atoms with Gasteiger partial charge in [-0.05, 0) is 17.7 Å². The minimum atomic E-state index is -0.216. The number of thioether (sulfide) groups is 1. The fourth-order valence-electron chi connectivity index (χ4n) is 3.39. The minimum absolute atomic E-state index is 0.0279. The van der Waals surface area contributed by atoms with Gasteiger partial charge >= 0.3 is 0 Å². The third-order valence-electron chi connectivity index (χ3n) is 4.97. The van der Waals surface area contributed by atoms with Gasteiger partial charge in [0.15, 0.2) is 10.9 Å². The lowest BCUT2D eigenvalue weighted by molar-refractivity contribution is -0.0293. The lowest BCUT2D eigenvalue weighted by Gasteiger charge is -2.33. The van der Waals surface area contributed by atoms with Crippen molar-refractivity contribution < 1.29 is 13.9 Å². The van der Waals surface area contributed by atoms with Gasteiger partial charge in [0.1, 0.15) is 5.76 Å². The quantitative estimate of drug-likeness (QED) is 0.559. The second-order valence-electron chi connectivity index (χ2n) is 7.30. The van der Waals surface area contributed by atoms with E-state index in [0.29, 0.717) is 24.7 Å². The van der Waals surface area contributed by atoms with E-state index in [1.54, 1.807) is 24.0 Å². The van der Waals surface area contributed by atoms with Crippen LogP contribution in [0.25, 0.3) is 0 Å². The molecular weight excluding hydrogens is 400 g/mol. The number of aromatic nitrogens is 2. The van der Waals surface area contributed by atoms with Gasteiger partial charge in [-0.25, -0.2) is 4.98 Å². The van der Waals surface area contributed by atoms with Gasteiger partial charge in [-0.1, -0.05) is 42.1 Å². The first-order valence-electron chi connectivity index (χ1n) is 10.0. The molecule has 1 saturated heterocycles. The molecule has 0 radical (unpaired) electrons. The largest absolute Gasteiger partial charge is 0.455 e. The number of nitrogens with zero attached hydrogens (tertiary/aromatic N) is 3. The highest BCUT2D eigenvalue weighted by atomic mass is 32.2. The molecule has 1 atom stereocenters. The number of ether oxygens (including phenoxy) is 1. The fourth-order valence-corrected chi connectivity index (χ4v) is 4.21. The third kappa shape index (κ3) is 5.53. The average molecular weight is 427 g/mol. The number of imidazole rings is 1. The van der Waals surface area contributed by atoms with E-state index in [0.717, 1.165) is 30.6 Å². The van der Waals surface area contributed by atoms with Crippen LogP contribution in [-0.2, 0) is 24.1 Å². The molecule has 0 aliphatic carbocycles. The summed E-state index contributed by atoms with van der Waals surface area (Å²) in [5.41, 5.74) is 1.29. The summed E-state index contributed by atoms with van der Waals surface area (Å²) in [5.74, 6) is 1.48. The molecule has 2 aromatic heterocycles. The zero-order chi connectivity index (χ0) is 20.8. The van der Waals surface area contributed by atoms with E-state index in [1.807, 2.05) is 29.9 Å². The number of morpholine rings is 1.